The lowest BCUT2D eigenvalue weighted by Gasteiger charge is -2.26. The fraction of sp³-hybridized carbons (Fsp3) is 0.371. The first-order chi connectivity index (χ1) is 35.0. The van der Waals surface area contributed by atoms with E-state index in [4.69, 9.17) is 42.6 Å². The van der Waals surface area contributed by atoms with E-state index in [0.717, 1.165) is 42.1 Å². The number of methoxy groups -OCH3 is 1. The Morgan fingerprint density at radius 1 is 0.521 bits per heavy atom. The molecule has 386 valence electrons. The van der Waals surface area contributed by atoms with Crippen molar-refractivity contribution in [2.24, 2.45) is 0 Å². The van der Waals surface area contributed by atoms with Crippen LogP contribution in [0.25, 0.3) is 0 Å². The molecule has 11 heteroatoms. The highest BCUT2D eigenvalue weighted by molar-refractivity contribution is 5.81. The highest BCUT2D eigenvalue weighted by Gasteiger charge is 2.28. The third-order valence-corrected chi connectivity index (χ3v) is 13.5. The van der Waals surface area contributed by atoms with Gasteiger partial charge in [0.05, 0.1) is 19.8 Å². The van der Waals surface area contributed by atoms with Crippen LogP contribution in [0, 0.1) is 6.92 Å². The van der Waals surface area contributed by atoms with Crippen molar-refractivity contribution in [2.45, 2.75) is 89.1 Å². The molecule has 2 aliphatic rings. The molecule has 2 heterocycles. The Hall–Kier alpha value is -6.63. The summed E-state index contributed by atoms with van der Waals surface area (Å²) in [6.07, 6.45) is 0.363. The van der Waals surface area contributed by atoms with E-state index in [1.165, 1.54) is 33.4 Å². The van der Waals surface area contributed by atoms with E-state index in [-0.39, 0.29) is 54.9 Å². The molecular formula is C62H72O11. The predicted octanol–water partition coefficient (Wildman–Crippen LogP) is 11.2. The normalized spacial score (nSPS) is 15.9. The molecule has 1 N–H and O–H groups in total. The van der Waals surface area contributed by atoms with Crippen LogP contribution < -0.4 is 23.7 Å². The molecule has 0 aromatic heterocycles. The maximum absolute atomic E-state index is 11.4. The number of hydrogen-bond donors (Lipinski definition) is 1. The second kappa shape index (κ2) is 24.9. The lowest BCUT2D eigenvalue weighted by atomic mass is 9.78. The summed E-state index contributed by atoms with van der Waals surface area (Å²) in [5.74, 6) is 3.33. The summed E-state index contributed by atoms with van der Waals surface area (Å²) in [5.41, 5.74) is 7.96. The van der Waals surface area contributed by atoms with E-state index in [0.29, 0.717) is 24.7 Å². The maximum atomic E-state index is 11.4. The number of ether oxygens (including phenoxy) is 9. The third kappa shape index (κ3) is 15.7. The summed E-state index contributed by atoms with van der Waals surface area (Å²) >= 11 is 0. The quantitative estimate of drug-likeness (QED) is 0.0335. The smallest absolute Gasteiger partial charge is 0.330 e. The van der Waals surface area contributed by atoms with Crippen LogP contribution in [0.5, 0.6) is 28.7 Å². The van der Waals surface area contributed by atoms with Crippen LogP contribution in [-0.4, -0.2) is 95.5 Å². The molecule has 0 spiro atoms. The van der Waals surface area contributed by atoms with Crippen LogP contribution in [0.2, 0.25) is 0 Å². The molecule has 6 aromatic rings. The minimum absolute atomic E-state index is 0.116. The zero-order chi connectivity index (χ0) is 52.0. The molecule has 73 heavy (non-hydrogen) atoms. The standard InChI is InChI=1S/C37H42O5.C25H30O6/c1-26-6-8-27(9-7-26)36(2,3)28-10-16-32(17-11-28)39-22-31(38)23-40-33-18-12-29(13-19-33)37(4,5)30-14-20-34(21-15-30)41-24-35-25-42-35;1-5-24(26)31-23(14-27-4)17-29-21-12-8-19(9-13-21)25(2,3)18-6-10-20(11-7-18)28-15-22-16-30-22/h6-21,31,35,38H,22-25H2,1-5H3;5-13,22-23H,1,14-17H2,2-4H3. The Labute approximate surface area is 431 Å². The van der Waals surface area contributed by atoms with Gasteiger partial charge in [-0.15, -0.1) is 0 Å². The lowest BCUT2D eigenvalue weighted by molar-refractivity contribution is -0.147. The van der Waals surface area contributed by atoms with Gasteiger partial charge in [-0.05, 0) is 101 Å². The number of rotatable bonds is 25. The molecule has 6 aromatic carbocycles. The molecule has 8 rings (SSSR count). The fourth-order valence-electron chi connectivity index (χ4n) is 8.15. The van der Waals surface area contributed by atoms with E-state index in [9.17, 15) is 9.90 Å². The van der Waals surface area contributed by atoms with Crippen molar-refractivity contribution >= 4 is 5.97 Å². The van der Waals surface area contributed by atoms with E-state index in [2.05, 4.69) is 128 Å². The number of aliphatic hydroxyl groups excluding tert-OH is 1. The molecule has 4 unspecified atom stereocenters. The lowest BCUT2D eigenvalue weighted by Crippen LogP contribution is -2.28. The van der Waals surface area contributed by atoms with Crippen molar-refractivity contribution in [1.82, 2.24) is 0 Å². The highest BCUT2D eigenvalue weighted by atomic mass is 16.6. The Morgan fingerprint density at radius 3 is 1.10 bits per heavy atom. The van der Waals surface area contributed by atoms with Gasteiger partial charge in [0.25, 0.3) is 0 Å². The van der Waals surface area contributed by atoms with Gasteiger partial charge in [-0.2, -0.15) is 0 Å². The number of carbonyl (C=O) groups is 1. The molecular weight excluding hydrogens is 921 g/mol. The Bertz CT molecular complexity index is 2630. The van der Waals surface area contributed by atoms with Crippen LogP contribution in [0.1, 0.15) is 80.5 Å². The average Bonchev–Trinajstić information content (AvgIpc) is 4.36. The number of epoxide rings is 2. The molecule has 2 saturated heterocycles. The Balaban J connectivity index is 0.000000224. The van der Waals surface area contributed by atoms with Gasteiger partial charge in [0.15, 0.2) is 6.10 Å². The van der Waals surface area contributed by atoms with Gasteiger partial charge in [0, 0.05) is 29.4 Å². The molecule has 2 fully saturated rings. The van der Waals surface area contributed by atoms with Gasteiger partial charge in [0.2, 0.25) is 0 Å². The molecule has 2 aliphatic heterocycles. The summed E-state index contributed by atoms with van der Waals surface area (Å²) in [6.45, 7) is 22.2. The number of benzene rings is 6. The van der Waals surface area contributed by atoms with Crippen molar-refractivity contribution < 1.29 is 52.5 Å². The Kier molecular flexibility index (Phi) is 18.4. The number of esters is 1. The predicted molar refractivity (Wildman–Crippen MR) is 285 cm³/mol. The number of aliphatic hydroxyl groups is 1. The third-order valence-electron chi connectivity index (χ3n) is 13.5. The fourth-order valence-corrected chi connectivity index (χ4v) is 8.15. The molecule has 0 amide bonds. The van der Waals surface area contributed by atoms with Crippen molar-refractivity contribution in [2.75, 3.05) is 60.0 Å². The van der Waals surface area contributed by atoms with E-state index in [1.54, 1.807) is 7.11 Å². The number of carbonyl (C=O) groups excluding carboxylic acids is 1. The SMILES string of the molecule is C=CC(=O)OC(COC)COc1ccc(C(C)(C)c2ccc(OCC3CO3)cc2)cc1.Cc1ccc(C(C)(C)c2ccc(OCC(O)COc3ccc(C(C)(C)c4ccc(OCC5CO5)cc4)cc3)cc2)cc1. The first kappa shape index (κ1) is 54.2. The first-order valence-electron chi connectivity index (χ1n) is 25.0. The monoisotopic (exact) mass is 993 g/mol. The van der Waals surface area contributed by atoms with Gasteiger partial charge in [-0.1, -0.05) is 139 Å². The topological polar surface area (TPSA) is 127 Å². The Morgan fingerprint density at radius 2 is 0.808 bits per heavy atom. The van der Waals surface area contributed by atoms with E-state index in [1.807, 2.05) is 72.8 Å². The summed E-state index contributed by atoms with van der Waals surface area (Å²) in [7, 11) is 1.55. The second-order valence-electron chi connectivity index (χ2n) is 20.2. The van der Waals surface area contributed by atoms with Gasteiger partial charge in [0.1, 0.15) is 80.1 Å². The first-order valence-corrected chi connectivity index (χ1v) is 25.0. The molecule has 0 saturated carbocycles. The number of hydrogen-bond acceptors (Lipinski definition) is 11. The van der Waals surface area contributed by atoms with Gasteiger partial charge in [-0.25, -0.2) is 4.79 Å². The van der Waals surface area contributed by atoms with Crippen LogP contribution in [0.15, 0.2) is 158 Å². The van der Waals surface area contributed by atoms with Crippen molar-refractivity contribution in [3.63, 3.8) is 0 Å². The van der Waals surface area contributed by atoms with Gasteiger partial charge in [-0.3, -0.25) is 0 Å². The molecule has 0 radical (unpaired) electrons. The van der Waals surface area contributed by atoms with E-state index >= 15 is 0 Å². The summed E-state index contributed by atoms with van der Waals surface area (Å²) < 4.78 is 49.7. The summed E-state index contributed by atoms with van der Waals surface area (Å²) in [5, 5.41) is 10.5. The zero-order valence-corrected chi connectivity index (χ0v) is 43.6. The second-order valence-corrected chi connectivity index (χ2v) is 20.2. The van der Waals surface area contributed by atoms with Crippen LogP contribution in [0.3, 0.4) is 0 Å². The van der Waals surface area contributed by atoms with E-state index < -0.39 is 18.2 Å². The highest BCUT2D eigenvalue weighted by Crippen LogP contribution is 2.36. The van der Waals surface area contributed by atoms with Crippen molar-refractivity contribution in [3.05, 3.63) is 197 Å². The molecule has 0 aliphatic carbocycles. The van der Waals surface area contributed by atoms with Crippen molar-refractivity contribution in [3.8, 4) is 28.7 Å². The summed E-state index contributed by atoms with van der Waals surface area (Å²) in [4.78, 5) is 11.4. The maximum Gasteiger partial charge on any atom is 0.330 e. The average molecular weight is 993 g/mol. The van der Waals surface area contributed by atoms with Crippen LogP contribution >= 0.6 is 0 Å². The molecule has 11 nitrogen and oxygen atoms in total. The van der Waals surface area contributed by atoms with Crippen molar-refractivity contribution in [1.29, 1.82) is 0 Å². The number of aryl methyl sites for hydroxylation is 1. The largest absolute Gasteiger partial charge is 0.491 e. The minimum atomic E-state index is -0.753. The molecule has 4 atom stereocenters. The van der Waals surface area contributed by atoms with Crippen LogP contribution in [-0.2, 0) is 40.0 Å². The van der Waals surface area contributed by atoms with Crippen LogP contribution in [0.4, 0.5) is 0 Å². The zero-order valence-electron chi connectivity index (χ0n) is 43.6. The van der Waals surface area contributed by atoms with Gasteiger partial charge >= 0.3 is 5.97 Å². The minimum Gasteiger partial charge on any atom is -0.491 e. The van der Waals surface area contributed by atoms with Gasteiger partial charge < -0.3 is 47.7 Å². The summed E-state index contributed by atoms with van der Waals surface area (Å²) in [6, 6.07) is 49.2. The molecule has 0 bridgehead atoms.